The minimum atomic E-state index is -4.86. The number of benzene rings is 10. The molecule has 0 bridgehead atoms. The van der Waals surface area contributed by atoms with Gasteiger partial charge in [0.05, 0.1) is 109 Å². The molecule has 362 valence electrons. The zero-order valence-corrected chi connectivity index (χ0v) is 40.8. The normalized spacial score (nSPS) is 11.2. The molecule has 0 saturated carbocycles. The van der Waals surface area contributed by atoms with Crippen molar-refractivity contribution in [3.8, 4) is 103 Å². The van der Waals surface area contributed by atoms with Gasteiger partial charge in [-0.25, -0.2) is 0 Å². The van der Waals surface area contributed by atoms with Crippen LogP contribution in [0, 0.1) is 68.0 Å². The fourth-order valence-corrected chi connectivity index (χ4v) is 10.7. The van der Waals surface area contributed by atoms with Crippen LogP contribution in [0.2, 0.25) is 0 Å². The smallest absolute Gasteiger partial charge is 0.308 e. The Labute approximate surface area is 444 Å². The summed E-state index contributed by atoms with van der Waals surface area (Å²) in [5.74, 6) is 0. The lowest BCUT2D eigenvalue weighted by Crippen LogP contribution is -2.08. The molecule has 12 rings (SSSR count). The van der Waals surface area contributed by atoms with Gasteiger partial charge in [-0.05, 0) is 177 Å². The fraction of sp³-hybridized carbons (Fsp3) is 0.0149. The molecule has 78 heavy (non-hydrogen) atoms. The van der Waals surface area contributed by atoms with Gasteiger partial charge in [-0.1, -0.05) is 72.8 Å². The Morgan fingerprint density at radius 1 is 0.282 bits per heavy atom. The van der Waals surface area contributed by atoms with Gasteiger partial charge in [0.2, 0.25) is 0 Å². The number of hydrogen-bond acceptors (Lipinski definition) is 6. The van der Waals surface area contributed by atoms with Gasteiger partial charge in [0.15, 0.2) is 0 Å². The van der Waals surface area contributed by atoms with Crippen molar-refractivity contribution in [1.29, 1.82) is 31.6 Å². The van der Waals surface area contributed by atoms with Crippen molar-refractivity contribution < 1.29 is 13.2 Å². The molecule has 0 fully saturated rings. The Hall–Kier alpha value is -11.5. The number of halogens is 3. The largest absolute Gasteiger partial charge is 0.416 e. The van der Waals surface area contributed by atoms with Crippen LogP contribution in [-0.2, 0) is 6.18 Å². The highest BCUT2D eigenvalue weighted by molar-refractivity contribution is 6.14. The average molecular weight is 1010 g/mol. The van der Waals surface area contributed by atoms with Crippen LogP contribution in [0.1, 0.15) is 38.9 Å². The summed E-state index contributed by atoms with van der Waals surface area (Å²) >= 11 is 0. The van der Waals surface area contributed by atoms with Gasteiger partial charge in [0.25, 0.3) is 0 Å². The van der Waals surface area contributed by atoms with Crippen LogP contribution in [0.3, 0.4) is 0 Å². The van der Waals surface area contributed by atoms with Crippen molar-refractivity contribution >= 4 is 43.6 Å². The first-order chi connectivity index (χ1) is 38.0. The van der Waals surface area contributed by atoms with Gasteiger partial charge >= 0.3 is 6.18 Å². The molecule has 2 heterocycles. The number of rotatable bonds is 7. The molecule has 8 nitrogen and oxygen atoms in total. The maximum Gasteiger partial charge on any atom is 0.416 e. The monoisotopic (exact) mass is 1010 g/mol. The van der Waals surface area contributed by atoms with Crippen molar-refractivity contribution in [2.45, 2.75) is 6.18 Å². The highest BCUT2D eigenvalue weighted by Crippen LogP contribution is 2.46. The summed E-state index contributed by atoms with van der Waals surface area (Å²) < 4.78 is 49.4. The van der Waals surface area contributed by atoms with Crippen LogP contribution in [0.5, 0.6) is 0 Å². The van der Waals surface area contributed by atoms with Gasteiger partial charge in [0, 0.05) is 27.1 Å². The van der Waals surface area contributed by atoms with Crippen molar-refractivity contribution in [3.05, 3.63) is 239 Å². The molecule has 11 heteroatoms. The Balaban J connectivity index is 1.23. The quantitative estimate of drug-likeness (QED) is 0.155. The van der Waals surface area contributed by atoms with E-state index in [4.69, 9.17) is 0 Å². The van der Waals surface area contributed by atoms with Gasteiger partial charge in [0.1, 0.15) is 0 Å². The van der Waals surface area contributed by atoms with Crippen molar-refractivity contribution in [2.75, 3.05) is 0 Å². The van der Waals surface area contributed by atoms with E-state index in [1.54, 1.807) is 60.7 Å². The third kappa shape index (κ3) is 8.17. The topological polar surface area (TPSA) is 153 Å². The lowest BCUT2D eigenvalue weighted by atomic mass is 9.94. The SMILES string of the molecule is N#Cc1cccc(-c2ccc3c(c2)c2cc(-c4cccc(C#N)c4)ccc2n3-c2cc(C#N)cc(-n3c4ccc(-c5cccc(C#N)c5)cc4c4cc(-c5cccc(C#N)c5)ccc43)c2-c2cc(C#N)cc(C(F)(F)F)c2)c1. The third-order valence-corrected chi connectivity index (χ3v) is 14.2. The molecule has 10 aromatic carbocycles. The van der Waals surface area contributed by atoms with Gasteiger partial charge < -0.3 is 9.13 Å². The van der Waals surface area contributed by atoms with E-state index < -0.39 is 11.7 Å². The molecule has 0 aliphatic heterocycles. The van der Waals surface area contributed by atoms with E-state index in [-0.39, 0.29) is 22.3 Å². The van der Waals surface area contributed by atoms with E-state index >= 15 is 13.2 Å². The molecule has 0 radical (unpaired) electrons. The maximum atomic E-state index is 15.2. The summed E-state index contributed by atoms with van der Waals surface area (Å²) in [6.45, 7) is 0. The maximum absolute atomic E-state index is 15.2. The predicted octanol–water partition coefficient (Wildman–Crippen LogP) is 16.5. The Morgan fingerprint density at radius 3 is 0.859 bits per heavy atom. The van der Waals surface area contributed by atoms with Crippen LogP contribution >= 0.6 is 0 Å². The number of alkyl halides is 3. The number of nitrogens with zero attached hydrogens (tertiary/aromatic N) is 8. The molecular weight excluding hydrogens is 974 g/mol. The van der Waals surface area contributed by atoms with E-state index in [0.717, 1.165) is 78.2 Å². The van der Waals surface area contributed by atoms with E-state index in [0.29, 0.717) is 55.7 Å². The summed E-state index contributed by atoms with van der Waals surface area (Å²) in [6, 6.07) is 72.1. The molecule has 0 aliphatic rings. The first-order valence-corrected chi connectivity index (χ1v) is 24.4. The Kier molecular flexibility index (Phi) is 11.4. The second-order valence-electron chi connectivity index (χ2n) is 18.8. The van der Waals surface area contributed by atoms with Gasteiger partial charge in [-0.3, -0.25) is 0 Å². The lowest BCUT2D eigenvalue weighted by molar-refractivity contribution is -0.137. The molecule has 2 aromatic heterocycles. The molecular formula is C67H33F3N8. The summed E-state index contributed by atoms with van der Waals surface area (Å²) in [7, 11) is 0. The minimum Gasteiger partial charge on any atom is -0.308 e. The van der Waals surface area contributed by atoms with Crippen molar-refractivity contribution in [2.24, 2.45) is 0 Å². The number of aromatic nitrogens is 2. The molecule has 12 aromatic rings. The highest BCUT2D eigenvalue weighted by Gasteiger charge is 2.33. The predicted molar refractivity (Wildman–Crippen MR) is 296 cm³/mol. The second-order valence-corrected chi connectivity index (χ2v) is 18.8. The first kappa shape index (κ1) is 47.5. The fourth-order valence-electron chi connectivity index (χ4n) is 10.7. The summed E-state index contributed by atoms with van der Waals surface area (Å²) in [4.78, 5) is 0. The highest BCUT2D eigenvalue weighted by atomic mass is 19.4. The summed E-state index contributed by atoms with van der Waals surface area (Å²) in [6.07, 6.45) is -4.86. The van der Waals surface area contributed by atoms with E-state index in [9.17, 15) is 31.6 Å². The molecule has 0 aliphatic carbocycles. The molecule has 0 spiro atoms. The van der Waals surface area contributed by atoms with Crippen LogP contribution in [0.4, 0.5) is 13.2 Å². The first-order valence-electron chi connectivity index (χ1n) is 24.4. The van der Waals surface area contributed by atoms with Crippen molar-refractivity contribution in [1.82, 2.24) is 9.13 Å². The number of fused-ring (bicyclic) bond motifs is 6. The molecule has 0 atom stereocenters. The molecule has 0 saturated heterocycles. The average Bonchev–Trinajstić information content (AvgIpc) is 4.17. The van der Waals surface area contributed by atoms with Crippen LogP contribution in [-0.4, -0.2) is 9.13 Å². The number of nitriles is 6. The molecule has 0 amide bonds. The van der Waals surface area contributed by atoms with E-state index in [1.165, 1.54) is 6.07 Å². The Morgan fingerprint density at radius 2 is 0.564 bits per heavy atom. The zero-order chi connectivity index (χ0) is 53.8. The standard InChI is InChI=1S/C67H33F3N8/c68-67(69,70)55-26-44(38-75)25-54(29-55)66-64(77-60-17-13-50(46-9-1-5-40(21-46)34-71)30-56(60)57-31-51(14-18-61(57)77)47-10-2-6-41(22-47)35-72)27-45(39-76)28-65(66)78-62-19-15-52(48-11-3-7-42(23-48)36-73)32-58(62)59-33-53(16-20-63(59)78)49-12-4-8-43(24-49)37-74/h1-33H. The minimum absolute atomic E-state index is 0.0608. The number of hydrogen-bond donors (Lipinski definition) is 0. The molecule has 0 unspecified atom stereocenters. The van der Waals surface area contributed by atoms with Gasteiger partial charge in [-0.2, -0.15) is 44.7 Å². The van der Waals surface area contributed by atoms with Crippen molar-refractivity contribution in [3.63, 3.8) is 0 Å². The zero-order valence-electron chi connectivity index (χ0n) is 40.8. The Bertz CT molecular complexity index is 4330. The van der Waals surface area contributed by atoms with Crippen LogP contribution in [0.15, 0.2) is 200 Å². The lowest BCUT2D eigenvalue weighted by Gasteiger charge is -2.22. The summed E-state index contributed by atoms with van der Waals surface area (Å²) in [5.41, 5.74) is 10.7. The van der Waals surface area contributed by atoms with Crippen LogP contribution < -0.4 is 0 Å². The van der Waals surface area contributed by atoms with Gasteiger partial charge in [-0.15, -0.1) is 0 Å². The summed E-state index contributed by atoms with van der Waals surface area (Å²) in [5, 5.41) is 63.9. The second kappa shape index (κ2) is 18.8. The van der Waals surface area contributed by atoms with E-state index in [2.05, 4.69) is 30.3 Å². The molecule has 0 N–H and O–H groups in total. The van der Waals surface area contributed by atoms with E-state index in [1.807, 2.05) is 137 Å². The van der Waals surface area contributed by atoms with Crippen LogP contribution in [0.25, 0.3) is 111 Å². The third-order valence-electron chi connectivity index (χ3n) is 14.2.